The van der Waals surface area contributed by atoms with Crippen molar-refractivity contribution in [1.29, 1.82) is 0 Å². The highest BCUT2D eigenvalue weighted by Gasteiger charge is 2.68. The van der Waals surface area contributed by atoms with Crippen LogP contribution in [-0.4, -0.2) is 19.5 Å². The number of rotatable bonds is 5. The number of hydrogen-bond donors (Lipinski definition) is 2. The Morgan fingerprint density at radius 1 is 1.12 bits per heavy atom. The molecule has 0 unspecified atom stereocenters. The van der Waals surface area contributed by atoms with Gasteiger partial charge in [0.15, 0.2) is 5.82 Å². The molecule has 3 rings (SSSR count). The van der Waals surface area contributed by atoms with Crippen molar-refractivity contribution in [2.24, 2.45) is 16.7 Å². The molecule has 0 bridgehead atoms. The Balaban J connectivity index is 1.70. The van der Waals surface area contributed by atoms with Crippen molar-refractivity contribution in [3.63, 3.8) is 0 Å². The van der Waals surface area contributed by atoms with Crippen LogP contribution in [0.1, 0.15) is 33.5 Å². The van der Waals surface area contributed by atoms with E-state index in [2.05, 4.69) is 42.9 Å². The third kappa shape index (κ3) is 3.09. The summed E-state index contributed by atoms with van der Waals surface area (Å²) in [4.78, 5) is 12.5. The number of aryl methyl sites for hydroxylation is 1. The second kappa shape index (κ2) is 5.84. The van der Waals surface area contributed by atoms with Crippen molar-refractivity contribution >= 4 is 27.4 Å². The Morgan fingerprint density at radius 3 is 2.15 bits per heavy atom. The molecular weight excluding hydrogens is 354 g/mol. The summed E-state index contributed by atoms with van der Waals surface area (Å²) in [6.07, 6.45) is 0. The van der Waals surface area contributed by atoms with Crippen LogP contribution in [0.15, 0.2) is 39.8 Å². The first-order valence-corrected chi connectivity index (χ1v) is 9.80. The highest BCUT2D eigenvalue weighted by Crippen LogP contribution is 2.68. The lowest BCUT2D eigenvalue weighted by Crippen LogP contribution is -2.18. The Labute approximate surface area is 153 Å². The van der Waals surface area contributed by atoms with Gasteiger partial charge in [-0.05, 0) is 42.0 Å². The smallest absolute Gasteiger partial charge is 0.263 e. The van der Waals surface area contributed by atoms with E-state index in [0.717, 1.165) is 0 Å². The SMILES string of the molecule is Cc1cc(NS(=O)(=O)c2ccc(NC(=O)C3C(C)(C)C3(C)C)cc2)no1. The van der Waals surface area contributed by atoms with Crippen LogP contribution in [0.3, 0.4) is 0 Å². The van der Waals surface area contributed by atoms with Crippen molar-refractivity contribution in [3.8, 4) is 0 Å². The Hall–Kier alpha value is -2.35. The van der Waals surface area contributed by atoms with Gasteiger partial charge in [0.2, 0.25) is 5.91 Å². The van der Waals surface area contributed by atoms with Crippen LogP contribution < -0.4 is 10.0 Å². The molecule has 1 aromatic heterocycles. The summed E-state index contributed by atoms with van der Waals surface area (Å²) in [5.41, 5.74) is 0.449. The molecule has 0 spiro atoms. The first-order chi connectivity index (χ1) is 11.9. The van der Waals surface area contributed by atoms with Gasteiger partial charge in [0, 0.05) is 17.7 Å². The highest BCUT2D eigenvalue weighted by molar-refractivity contribution is 7.92. The van der Waals surface area contributed by atoms with Gasteiger partial charge in [-0.15, -0.1) is 0 Å². The van der Waals surface area contributed by atoms with E-state index in [1.54, 1.807) is 19.1 Å². The molecule has 1 aromatic carbocycles. The van der Waals surface area contributed by atoms with E-state index < -0.39 is 10.0 Å². The van der Waals surface area contributed by atoms with Crippen LogP contribution in [0, 0.1) is 23.7 Å². The summed E-state index contributed by atoms with van der Waals surface area (Å²) in [5.74, 6) is 0.507. The van der Waals surface area contributed by atoms with Crippen LogP contribution in [0.4, 0.5) is 11.5 Å². The molecular formula is C18H23N3O4S. The number of carbonyl (C=O) groups is 1. The molecule has 8 heteroatoms. The van der Waals surface area contributed by atoms with E-state index >= 15 is 0 Å². The minimum absolute atomic E-state index is 0.0493. The molecule has 7 nitrogen and oxygen atoms in total. The molecule has 1 aliphatic rings. The predicted octanol–water partition coefficient (Wildman–Crippen LogP) is 3.40. The lowest BCUT2D eigenvalue weighted by Gasteiger charge is -2.08. The van der Waals surface area contributed by atoms with Crippen LogP contribution >= 0.6 is 0 Å². The number of anilines is 2. The summed E-state index contributed by atoms with van der Waals surface area (Å²) in [6.45, 7) is 9.97. The van der Waals surface area contributed by atoms with E-state index in [9.17, 15) is 13.2 Å². The number of amides is 1. The number of aromatic nitrogens is 1. The van der Waals surface area contributed by atoms with E-state index in [-0.39, 0.29) is 33.4 Å². The monoisotopic (exact) mass is 377 g/mol. The molecule has 0 atom stereocenters. The average molecular weight is 377 g/mol. The van der Waals surface area contributed by atoms with E-state index in [4.69, 9.17) is 4.52 Å². The van der Waals surface area contributed by atoms with Crippen LogP contribution in [0.25, 0.3) is 0 Å². The molecule has 2 aromatic rings. The minimum atomic E-state index is -3.77. The number of benzene rings is 1. The largest absolute Gasteiger partial charge is 0.360 e. The quantitative estimate of drug-likeness (QED) is 0.831. The van der Waals surface area contributed by atoms with Crippen LogP contribution in [-0.2, 0) is 14.8 Å². The maximum atomic E-state index is 12.5. The lowest BCUT2D eigenvalue weighted by molar-refractivity contribution is -0.118. The predicted molar refractivity (Wildman–Crippen MR) is 98.2 cm³/mol. The molecule has 1 saturated carbocycles. The van der Waals surface area contributed by atoms with E-state index in [1.165, 1.54) is 18.2 Å². The molecule has 0 aliphatic heterocycles. The zero-order chi connectivity index (χ0) is 19.3. The molecule has 140 valence electrons. The van der Waals surface area contributed by atoms with Gasteiger partial charge in [0.25, 0.3) is 10.0 Å². The number of nitrogens with zero attached hydrogens (tertiary/aromatic N) is 1. The fourth-order valence-corrected chi connectivity index (χ4v) is 4.38. The Kier molecular flexibility index (Phi) is 4.14. The average Bonchev–Trinajstić information content (AvgIpc) is 2.79. The Morgan fingerprint density at radius 2 is 1.69 bits per heavy atom. The summed E-state index contributed by atoms with van der Waals surface area (Å²) in [5, 5.41) is 6.48. The first kappa shape index (κ1) is 18.4. The van der Waals surface area contributed by atoms with E-state index in [0.29, 0.717) is 11.4 Å². The van der Waals surface area contributed by atoms with Gasteiger partial charge in [-0.1, -0.05) is 32.9 Å². The van der Waals surface area contributed by atoms with Crippen molar-refractivity contribution < 1.29 is 17.7 Å². The Bertz CT molecular complexity index is 929. The zero-order valence-electron chi connectivity index (χ0n) is 15.5. The second-order valence-corrected chi connectivity index (χ2v) is 9.50. The maximum Gasteiger partial charge on any atom is 0.263 e. The molecule has 1 amide bonds. The summed E-state index contributed by atoms with van der Waals surface area (Å²) < 4.78 is 31.9. The lowest BCUT2D eigenvalue weighted by atomic mass is 10.0. The summed E-state index contributed by atoms with van der Waals surface area (Å²) >= 11 is 0. The van der Waals surface area contributed by atoms with Crippen LogP contribution in [0.5, 0.6) is 0 Å². The molecule has 1 heterocycles. The van der Waals surface area contributed by atoms with Gasteiger partial charge in [0.05, 0.1) is 4.90 Å². The third-order valence-electron chi connectivity index (χ3n) is 5.58. The second-order valence-electron chi connectivity index (χ2n) is 7.82. The van der Waals surface area contributed by atoms with Gasteiger partial charge in [0.1, 0.15) is 5.76 Å². The first-order valence-electron chi connectivity index (χ1n) is 8.32. The molecule has 0 saturated heterocycles. The fourth-order valence-electron chi connectivity index (χ4n) is 3.39. The maximum absolute atomic E-state index is 12.5. The third-order valence-corrected chi connectivity index (χ3v) is 6.95. The molecule has 2 N–H and O–H groups in total. The van der Waals surface area contributed by atoms with Crippen molar-refractivity contribution in [2.45, 2.75) is 39.5 Å². The zero-order valence-corrected chi connectivity index (χ0v) is 16.3. The van der Waals surface area contributed by atoms with Crippen molar-refractivity contribution in [2.75, 3.05) is 10.0 Å². The summed E-state index contributed by atoms with van der Waals surface area (Å²) in [6, 6.07) is 7.51. The van der Waals surface area contributed by atoms with Gasteiger partial charge in [-0.2, -0.15) is 0 Å². The van der Waals surface area contributed by atoms with Crippen LogP contribution in [0.2, 0.25) is 0 Å². The number of nitrogens with one attached hydrogen (secondary N) is 2. The molecule has 0 radical (unpaired) electrons. The highest BCUT2D eigenvalue weighted by atomic mass is 32.2. The topological polar surface area (TPSA) is 101 Å². The molecule has 1 fully saturated rings. The number of sulfonamides is 1. The summed E-state index contributed by atoms with van der Waals surface area (Å²) in [7, 11) is -3.77. The van der Waals surface area contributed by atoms with Gasteiger partial charge >= 0.3 is 0 Å². The number of hydrogen-bond acceptors (Lipinski definition) is 5. The van der Waals surface area contributed by atoms with Gasteiger partial charge < -0.3 is 9.84 Å². The van der Waals surface area contributed by atoms with E-state index in [1.807, 2.05) is 0 Å². The number of carbonyl (C=O) groups excluding carboxylic acids is 1. The van der Waals surface area contributed by atoms with Gasteiger partial charge in [-0.3, -0.25) is 9.52 Å². The molecule has 26 heavy (non-hydrogen) atoms. The molecule has 1 aliphatic carbocycles. The minimum Gasteiger partial charge on any atom is -0.360 e. The normalized spacial score (nSPS) is 18.3. The van der Waals surface area contributed by atoms with Crippen molar-refractivity contribution in [1.82, 2.24) is 5.16 Å². The van der Waals surface area contributed by atoms with Crippen molar-refractivity contribution in [3.05, 3.63) is 36.1 Å². The van der Waals surface area contributed by atoms with Gasteiger partial charge in [-0.25, -0.2) is 8.42 Å². The standard InChI is InChI=1S/C18H23N3O4S/c1-11-10-14(20-25-11)21-26(23,24)13-8-6-12(7-9-13)19-16(22)15-17(2,3)18(15,4)5/h6-10,15H,1-5H3,(H,19,22)(H,20,21). The fraction of sp³-hybridized carbons (Fsp3) is 0.444.